The molecule has 0 aliphatic carbocycles. The summed E-state index contributed by atoms with van der Waals surface area (Å²) < 4.78 is 11.5. The Bertz CT molecular complexity index is 1700. The number of aryl methyl sites for hydroxylation is 1. The number of aldehydes is 2. The summed E-state index contributed by atoms with van der Waals surface area (Å²) in [5, 5.41) is 5.79. The largest absolute Gasteiger partial charge is 0.490 e. The summed E-state index contributed by atoms with van der Waals surface area (Å²) in [4.78, 5) is 71.2. The normalized spacial score (nSPS) is 21.4. The molecular formula is C36H41N5O7. The molecule has 5 rings (SSSR count). The zero-order valence-electron chi connectivity index (χ0n) is 27.4. The molecule has 0 radical (unpaired) electrons. The molecule has 2 aliphatic heterocycles. The van der Waals surface area contributed by atoms with Crippen LogP contribution in [-0.2, 0) is 35.8 Å². The van der Waals surface area contributed by atoms with Crippen LogP contribution in [0.15, 0.2) is 66.9 Å². The van der Waals surface area contributed by atoms with Gasteiger partial charge in [0.2, 0.25) is 5.91 Å². The highest BCUT2D eigenvalue weighted by Crippen LogP contribution is 2.55. The van der Waals surface area contributed by atoms with Crippen molar-refractivity contribution in [2.45, 2.75) is 69.1 Å². The van der Waals surface area contributed by atoms with Crippen molar-refractivity contribution < 1.29 is 33.4 Å². The fraction of sp³-hybridized carbons (Fsp3) is 0.389. The number of benzene rings is 2. The number of anilines is 2. The number of esters is 1. The molecule has 2 aliphatic rings. The number of nitrogens with two attached hydrogens (primary N) is 1. The van der Waals surface area contributed by atoms with Gasteiger partial charge in [-0.3, -0.25) is 14.9 Å². The highest BCUT2D eigenvalue weighted by Gasteiger charge is 2.80. The summed E-state index contributed by atoms with van der Waals surface area (Å²) in [6, 6.07) is 17.9. The molecule has 12 nitrogen and oxygen atoms in total. The van der Waals surface area contributed by atoms with Gasteiger partial charge in [0.15, 0.2) is 17.1 Å². The first-order chi connectivity index (χ1) is 23.0. The topological polar surface area (TPSA) is 180 Å². The van der Waals surface area contributed by atoms with Crippen molar-refractivity contribution in [3.05, 3.63) is 83.6 Å². The third-order valence-corrected chi connectivity index (χ3v) is 9.20. The number of hydrogen-bond acceptors (Lipinski definition) is 10. The molecule has 0 spiro atoms. The van der Waals surface area contributed by atoms with E-state index in [-0.39, 0.29) is 19.5 Å². The van der Waals surface area contributed by atoms with E-state index in [0.29, 0.717) is 54.0 Å². The number of carbonyl (C=O) groups excluding carboxylic acids is 5. The quantitative estimate of drug-likeness (QED) is 0.0954. The van der Waals surface area contributed by atoms with Gasteiger partial charge in [0.1, 0.15) is 18.1 Å². The molecule has 3 atom stereocenters. The van der Waals surface area contributed by atoms with Crippen LogP contribution in [0.25, 0.3) is 0 Å². The second kappa shape index (κ2) is 13.9. The van der Waals surface area contributed by atoms with Crippen LogP contribution in [0.1, 0.15) is 61.5 Å². The van der Waals surface area contributed by atoms with Gasteiger partial charge in [-0.1, -0.05) is 43.3 Å². The molecule has 1 fully saturated rings. The third kappa shape index (κ3) is 6.27. The van der Waals surface area contributed by atoms with Gasteiger partial charge in [-0.2, -0.15) is 0 Å². The summed E-state index contributed by atoms with van der Waals surface area (Å²) in [5.41, 5.74) is 3.50. The molecule has 0 bridgehead atoms. The van der Waals surface area contributed by atoms with Crippen molar-refractivity contribution in [1.29, 1.82) is 0 Å². The zero-order valence-corrected chi connectivity index (χ0v) is 27.4. The van der Waals surface area contributed by atoms with Gasteiger partial charge in [-0.25, -0.2) is 9.78 Å². The Labute approximate surface area is 279 Å². The zero-order chi connectivity index (χ0) is 34.5. The standard InChI is InChI=1S/C36H41N5O7/c1-24(2)48-33(46)36(35(23-43,40-36)16-18-42)34(3,26-11-5-4-6-12-26)22-41-28-15-14-25(20-27(28)32(45)39-21-30(41)44)10-7-8-19-47-29-13-9-17-38-31(29)37/h4-6,9,11-15,17-18,20,23-24,40H,7-8,10,16,19,21-22H2,1-3H3,(H2,37,38)(H,39,45)/t34?,35?,36-/m1/s1. The molecule has 4 N–H and O–H groups in total. The van der Waals surface area contributed by atoms with Crippen molar-refractivity contribution in [3.63, 3.8) is 0 Å². The first kappa shape index (κ1) is 34.2. The number of rotatable bonds is 15. The molecular weight excluding hydrogens is 614 g/mol. The average molecular weight is 656 g/mol. The number of nitrogens with zero attached hydrogens (tertiary/aromatic N) is 2. The number of aromatic nitrogens is 1. The number of nitrogen functional groups attached to an aromatic ring is 1. The SMILES string of the molecule is CC(C)OC(=O)[C@]1(C(C)(CN2C(=O)CNC(=O)c3cc(CCCCOc4cccnc4N)ccc32)c2ccccc2)NC1(C=O)CC=O. The van der Waals surface area contributed by atoms with Crippen LogP contribution in [0, 0.1) is 0 Å². The maximum atomic E-state index is 14.0. The fourth-order valence-corrected chi connectivity index (χ4v) is 6.69. The molecule has 2 unspecified atom stereocenters. The Hall–Kier alpha value is -5.10. The van der Waals surface area contributed by atoms with Crippen molar-refractivity contribution in [2.24, 2.45) is 0 Å². The summed E-state index contributed by atoms with van der Waals surface area (Å²) in [6.45, 7) is 5.23. The second-order valence-corrected chi connectivity index (χ2v) is 12.7. The number of nitrogens with one attached hydrogen (secondary N) is 2. The first-order valence-corrected chi connectivity index (χ1v) is 16.0. The van der Waals surface area contributed by atoms with Gasteiger partial charge in [-0.15, -0.1) is 0 Å². The van der Waals surface area contributed by atoms with E-state index in [1.807, 2.05) is 24.3 Å². The minimum Gasteiger partial charge on any atom is -0.490 e. The monoisotopic (exact) mass is 655 g/mol. The lowest BCUT2D eigenvalue weighted by Gasteiger charge is -2.41. The lowest BCUT2D eigenvalue weighted by molar-refractivity contribution is -0.154. The van der Waals surface area contributed by atoms with Crippen LogP contribution in [0.2, 0.25) is 0 Å². The molecule has 3 heterocycles. The Kier molecular flexibility index (Phi) is 9.95. The predicted octanol–water partition coefficient (Wildman–Crippen LogP) is 2.92. The number of pyridine rings is 1. The molecule has 3 aromatic rings. The van der Waals surface area contributed by atoms with Crippen LogP contribution in [0.5, 0.6) is 5.75 Å². The highest BCUT2D eigenvalue weighted by molar-refractivity contribution is 6.10. The van der Waals surface area contributed by atoms with E-state index in [9.17, 15) is 24.0 Å². The van der Waals surface area contributed by atoms with Gasteiger partial charge in [0.05, 0.1) is 30.5 Å². The molecule has 1 aromatic heterocycles. The number of ether oxygens (including phenoxy) is 2. The lowest BCUT2D eigenvalue weighted by atomic mass is 9.65. The molecule has 252 valence electrons. The number of fused-ring (bicyclic) bond motifs is 1. The third-order valence-electron chi connectivity index (χ3n) is 9.20. The molecule has 12 heteroatoms. The first-order valence-electron chi connectivity index (χ1n) is 16.0. The van der Waals surface area contributed by atoms with E-state index in [2.05, 4.69) is 15.6 Å². The molecule has 0 saturated carbocycles. The van der Waals surface area contributed by atoms with Gasteiger partial charge < -0.3 is 35.0 Å². The number of unbranched alkanes of at least 4 members (excludes halogenated alkanes) is 1. The fourth-order valence-electron chi connectivity index (χ4n) is 6.69. The number of carbonyl (C=O) groups is 5. The van der Waals surface area contributed by atoms with Crippen molar-refractivity contribution in [3.8, 4) is 5.75 Å². The smallest absolute Gasteiger partial charge is 0.330 e. The number of hydrogen-bond donors (Lipinski definition) is 3. The second-order valence-electron chi connectivity index (χ2n) is 12.7. The van der Waals surface area contributed by atoms with Crippen molar-refractivity contribution in [2.75, 3.05) is 30.3 Å². The van der Waals surface area contributed by atoms with Crippen LogP contribution in [0.3, 0.4) is 0 Å². The maximum absolute atomic E-state index is 14.0. The molecule has 48 heavy (non-hydrogen) atoms. The Morgan fingerprint density at radius 1 is 1.10 bits per heavy atom. The van der Waals surface area contributed by atoms with Crippen LogP contribution in [-0.4, -0.2) is 72.2 Å². The Balaban J connectivity index is 1.47. The van der Waals surface area contributed by atoms with E-state index < -0.39 is 40.4 Å². The minimum atomic E-state index is -1.69. The lowest BCUT2D eigenvalue weighted by Crippen LogP contribution is -2.59. The van der Waals surface area contributed by atoms with Gasteiger partial charge in [0, 0.05) is 24.6 Å². The summed E-state index contributed by atoms with van der Waals surface area (Å²) >= 11 is 0. The van der Waals surface area contributed by atoms with E-state index in [1.165, 1.54) is 4.90 Å². The van der Waals surface area contributed by atoms with Gasteiger partial charge in [0.25, 0.3) is 5.91 Å². The minimum absolute atomic E-state index is 0.111. The Morgan fingerprint density at radius 2 is 1.88 bits per heavy atom. The van der Waals surface area contributed by atoms with Gasteiger partial charge >= 0.3 is 5.97 Å². The van der Waals surface area contributed by atoms with E-state index in [1.54, 1.807) is 63.4 Å². The average Bonchev–Trinajstić information content (AvgIpc) is 3.79. The van der Waals surface area contributed by atoms with Crippen LogP contribution < -0.4 is 26.0 Å². The van der Waals surface area contributed by atoms with E-state index in [0.717, 1.165) is 18.4 Å². The number of amides is 2. The maximum Gasteiger partial charge on any atom is 0.330 e. The highest BCUT2D eigenvalue weighted by atomic mass is 16.5. The van der Waals surface area contributed by atoms with Crippen molar-refractivity contribution >= 4 is 41.9 Å². The summed E-state index contributed by atoms with van der Waals surface area (Å²) in [6.07, 6.45) is 4.14. The summed E-state index contributed by atoms with van der Waals surface area (Å²) in [7, 11) is 0. The molecule has 2 aromatic carbocycles. The van der Waals surface area contributed by atoms with Crippen molar-refractivity contribution in [1.82, 2.24) is 15.6 Å². The predicted molar refractivity (Wildman–Crippen MR) is 179 cm³/mol. The molecule has 1 saturated heterocycles. The van der Waals surface area contributed by atoms with E-state index >= 15 is 0 Å². The van der Waals surface area contributed by atoms with Crippen LogP contribution in [0.4, 0.5) is 11.5 Å². The Morgan fingerprint density at radius 3 is 2.56 bits per heavy atom. The summed E-state index contributed by atoms with van der Waals surface area (Å²) in [5.74, 6) is -0.647. The van der Waals surface area contributed by atoms with Gasteiger partial charge in [-0.05, 0) is 68.5 Å². The van der Waals surface area contributed by atoms with Crippen LogP contribution >= 0.6 is 0 Å². The molecule has 2 amide bonds. The van der Waals surface area contributed by atoms with E-state index in [4.69, 9.17) is 15.2 Å².